The second-order valence-corrected chi connectivity index (χ2v) is 5.86. The number of carbonyl (C=O) groups is 2. The van der Waals surface area contributed by atoms with Crippen molar-refractivity contribution in [2.75, 3.05) is 13.6 Å². The molecule has 4 heteroatoms. The largest absolute Gasteiger partial charge is 0.481 e. The number of carboxylic acid groups (broad SMARTS) is 1. The molecular formula is C16H19NO3. The number of fused-ring (bicyclic) bond motifs is 3. The highest BCUT2D eigenvalue weighted by molar-refractivity contribution is 5.84. The molecule has 106 valence electrons. The van der Waals surface area contributed by atoms with Crippen molar-refractivity contribution >= 4 is 11.9 Å². The van der Waals surface area contributed by atoms with Crippen LogP contribution in [0.3, 0.4) is 0 Å². The first-order valence-electron chi connectivity index (χ1n) is 7.14. The van der Waals surface area contributed by atoms with Gasteiger partial charge in [-0.25, -0.2) is 0 Å². The second kappa shape index (κ2) is 4.93. The topological polar surface area (TPSA) is 57.6 Å². The molecule has 0 spiro atoms. The number of hydrogen-bond donors (Lipinski definition) is 1. The van der Waals surface area contributed by atoms with E-state index >= 15 is 0 Å². The molecule has 4 nitrogen and oxygen atoms in total. The molecule has 2 aliphatic rings. The van der Waals surface area contributed by atoms with Gasteiger partial charge in [-0.2, -0.15) is 0 Å². The van der Waals surface area contributed by atoms with Crippen LogP contribution in [-0.2, 0) is 16.0 Å². The molecule has 0 bridgehead atoms. The first-order chi connectivity index (χ1) is 9.59. The molecule has 3 unspecified atom stereocenters. The molecule has 1 aromatic rings. The Morgan fingerprint density at radius 3 is 2.85 bits per heavy atom. The molecule has 0 saturated heterocycles. The monoisotopic (exact) mass is 273 g/mol. The Hall–Kier alpha value is -1.84. The fourth-order valence-electron chi connectivity index (χ4n) is 3.53. The summed E-state index contributed by atoms with van der Waals surface area (Å²) in [5.41, 5.74) is 2.70. The SMILES string of the molecule is CN(CCC(=O)O)C(=O)C1C2CCc3ccccc3C21. The molecule has 3 atom stereocenters. The van der Waals surface area contributed by atoms with Crippen LogP contribution in [-0.4, -0.2) is 35.5 Å². The van der Waals surface area contributed by atoms with Gasteiger partial charge in [-0.1, -0.05) is 24.3 Å². The number of aryl methyl sites for hydroxylation is 1. The van der Waals surface area contributed by atoms with Crippen LogP contribution in [0.1, 0.15) is 29.9 Å². The standard InChI is InChI=1S/C16H19NO3/c1-17(9-8-13(18)19)16(20)15-12-7-6-10-4-2-3-5-11(10)14(12)15/h2-5,12,14-15H,6-9H2,1H3,(H,18,19). The maximum atomic E-state index is 12.4. The van der Waals surface area contributed by atoms with E-state index in [1.807, 2.05) is 6.07 Å². The summed E-state index contributed by atoms with van der Waals surface area (Å²) in [4.78, 5) is 24.6. The fourth-order valence-corrected chi connectivity index (χ4v) is 3.53. The van der Waals surface area contributed by atoms with Crippen LogP contribution in [0, 0.1) is 11.8 Å². The van der Waals surface area contributed by atoms with Crippen molar-refractivity contribution in [3.8, 4) is 0 Å². The molecule has 20 heavy (non-hydrogen) atoms. The molecule has 1 fully saturated rings. The number of rotatable bonds is 4. The van der Waals surface area contributed by atoms with Crippen molar-refractivity contribution in [3.63, 3.8) is 0 Å². The van der Waals surface area contributed by atoms with Crippen LogP contribution in [0.15, 0.2) is 24.3 Å². The summed E-state index contributed by atoms with van der Waals surface area (Å²) in [5, 5.41) is 8.70. The summed E-state index contributed by atoms with van der Waals surface area (Å²) in [7, 11) is 1.71. The first kappa shape index (κ1) is 13.2. The summed E-state index contributed by atoms with van der Waals surface area (Å²) >= 11 is 0. The Morgan fingerprint density at radius 2 is 2.10 bits per heavy atom. The highest BCUT2D eigenvalue weighted by Crippen LogP contribution is 2.60. The number of carboxylic acids is 1. The Morgan fingerprint density at radius 1 is 1.35 bits per heavy atom. The van der Waals surface area contributed by atoms with Gasteiger partial charge < -0.3 is 10.0 Å². The zero-order chi connectivity index (χ0) is 14.3. The molecule has 1 N–H and O–H groups in total. The molecular weight excluding hydrogens is 254 g/mol. The Balaban J connectivity index is 1.69. The van der Waals surface area contributed by atoms with Crippen molar-refractivity contribution in [1.29, 1.82) is 0 Å². The zero-order valence-corrected chi connectivity index (χ0v) is 11.6. The molecule has 1 saturated carbocycles. The summed E-state index contributed by atoms with van der Waals surface area (Å²) < 4.78 is 0. The highest BCUT2D eigenvalue weighted by atomic mass is 16.4. The zero-order valence-electron chi connectivity index (χ0n) is 11.6. The van der Waals surface area contributed by atoms with Crippen LogP contribution >= 0.6 is 0 Å². The van der Waals surface area contributed by atoms with E-state index < -0.39 is 5.97 Å². The minimum Gasteiger partial charge on any atom is -0.481 e. The Bertz CT molecular complexity index is 554. The lowest BCUT2D eigenvalue weighted by Gasteiger charge is -2.16. The maximum Gasteiger partial charge on any atom is 0.305 e. The van der Waals surface area contributed by atoms with E-state index in [2.05, 4.69) is 18.2 Å². The van der Waals surface area contributed by atoms with E-state index in [4.69, 9.17) is 5.11 Å². The number of benzene rings is 1. The van der Waals surface area contributed by atoms with Crippen molar-refractivity contribution in [1.82, 2.24) is 4.90 Å². The van der Waals surface area contributed by atoms with Crippen LogP contribution in [0.5, 0.6) is 0 Å². The van der Waals surface area contributed by atoms with Crippen molar-refractivity contribution in [3.05, 3.63) is 35.4 Å². The number of hydrogen-bond acceptors (Lipinski definition) is 2. The third-order valence-electron chi connectivity index (χ3n) is 4.65. The summed E-state index contributed by atoms with van der Waals surface area (Å²) in [6.45, 7) is 0.297. The molecule has 2 aliphatic carbocycles. The van der Waals surface area contributed by atoms with Gasteiger partial charge in [-0.15, -0.1) is 0 Å². The van der Waals surface area contributed by atoms with E-state index in [9.17, 15) is 9.59 Å². The summed E-state index contributed by atoms with van der Waals surface area (Å²) in [5.74, 6) is 0.142. The van der Waals surface area contributed by atoms with E-state index in [1.54, 1.807) is 11.9 Å². The van der Waals surface area contributed by atoms with Gasteiger partial charge in [-0.3, -0.25) is 9.59 Å². The van der Waals surface area contributed by atoms with Gasteiger partial charge in [0.1, 0.15) is 0 Å². The third-order valence-corrected chi connectivity index (χ3v) is 4.65. The van der Waals surface area contributed by atoms with Crippen LogP contribution in [0.4, 0.5) is 0 Å². The normalized spacial score (nSPS) is 26.4. The van der Waals surface area contributed by atoms with Gasteiger partial charge in [0.05, 0.1) is 6.42 Å². The summed E-state index contributed by atoms with van der Waals surface area (Å²) in [6.07, 6.45) is 2.14. The molecule has 3 rings (SSSR count). The predicted molar refractivity (Wildman–Crippen MR) is 74.4 cm³/mol. The van der Waals surface area contributed by atoms with E-state index in [1.165, 1.54) is 11.1 Å². The molecule has 0 aliphatic heterocycles. The minimum atomic E-state index is -0.858. The van der Waals surface area contributed by atoms with Gasteiger partial charge >= 0.3 is 5.97 Å². The summed E-state index contributed by atoms with van der Waals surface area (Å²) in [6, 6.07) is 8.38. The van der Waals surface area contributed by atoms with Crippen LogP contribution in [0.25, 0.3) is 0 Å². The maximum absolute atomic E-state index is 12.4. The molecule has 0 aromatic heterocycles. The smallest absolute Gasteiger partial charge is 0.305 e. The number of amides is 1. The van der Waals surface area contributed by atoms with E-state index in [0.29, 0.717) is 18.4 Å². The van der Waals surface area contributed by atoms with Gasteiger partial charge in [0.2, 0.25) is 5.91 Å². The lowest BCUT2D eigenvalue weighted by atomic mass is 9.92. The fraction of sp³-hybridized carbons (Fsp3) is 0.500. The van der Waals surface area contributed by atoms with Crippen LogP contribution in [0.2, 0.25) is 0 Å². The quantitative estimate of drug-likeness (QED) is 0.911. The van der Waals surface area contributed by atoms with E-state index in [-0.39, 0.29) is 18.2 Å². The molecule has 0 radical (unpaired) electrons. The lowest BCUT2D eigenvalue weighted by molar-refractivity contribution is -0.138. The number of carbonyl (C=O) groups excluding carboxylic acids is 1. The van der Waals surface area contributed by atoms with Crippen LogP contribution < -0.4 is 0 Å². The highest BCUT2D eigenvalue weighted by Gasteiger charge is 2.57. The molecule has 0 heterocycles. The van der Waals surface area contributed by atoms with Crippen molar-refractivity contribution in [2.45, 2.75) is 25.2 Å². The van der Waals surface area contributed by atoms with Gasteiger partial charge in [-0.05, 0) is 35.8 Å². The second-order valence-electron chi connectivity index (χ2n) is 5.86. The molecule has 1 amide bonds. The number of nitrogens with zero attached hydrogens (tertiary/aromatic N) is 1. The lowest BCUT2D eigenvalue weighted by Crippen LogP contribution is -2.31. The first-order valence-corrected chi connectivity index (χ1v) is 7.14. The Kier molecular flexibility index (Phi) is 3.24. The average molecular weight is 273 g/mol. The van der Waals surface area contributed by atoms with Crippen molar-refractivity contribution < 1.29 is 14.7 Å². The van der Waals surface area contributed by atoms with Crippen molar-refractivity contribution in [2.24, 2.45) is 11.8 Å². The predicted octanol–water partition coefficient (Wildman–Crippen LogP) is 1.90. The van der Waals surface area contributed by atoms with Gasteiger partial charge in [0.15, 0.2) is 0 Å². The number of aliphatic carboxylic acids is 1. The van der Waals surface area contributed by atoms with E-state index in [0.717, 1.165) is 12.8 Å². The van der Waals surface area contributed by atoms with Gasteiger partial charge in [0.25, 0.3) is 0 Å². The average Bonchev–Trinajstić information content (AvgIpc) is 3.18. The Labute approximate surface area is 118 Å². The van der Waals surface area contributed by atoms with Gasteiger partial charge in [0, 0.05) is 19.5 Å². The third kappa shape index (κ3) is 2.19. The minimum absolute atomic E-state index is 0.0148. The molecule has 1 aromatic carbocycles.